The van der Waals surface area contributed by atoms with E-state index in [2.05, 4.69) is 5.32 Å². The summed E-state index contributed by atoms with van der Waals surface area (Å²) in [6, 6.07) is 4.82. The number of hydrogen-bond acceptors (Lipinski definition) is 5. The Bertz CT molecular complexity index is 674. The van der Waals surface area contributed by atoms with Crippen LogP contribution in [0.15, 0.2) is 18.2 Å². The number of amides is 1. The van der Waals surface area contributed by atoms with Crippen LogP contribution in [0, 0.1) is 0 Å². The third kappa shape index (κ3) is 4.07. The molecule has 2 rings (SSSR count). The topological polar surface area (TPSA) is 84.9 Å². The molecule has 128 valence electrons. The Balaban J connectivity index is 2.26. The minimum absolute atomic E-state index is 0.00886. The van der Waals surface area contributed by atoms with E-state index in [0.717, 1.165) is 10.7 Å². The summed E-state index contributed by atoms with van der Waals surface area (Å²) >= 11 is 0. The second-order valence-electron chi connectivity index (χ2n) is 5.32. The minimum Gasteiger partial charge on any atom is -0.454 e. The monoisotopic (exact) mass is 342 g/mol. The van der Waals surface area contributed by atoms with Crippen LogP contribution in [-0.2, 0) is 14.8 Å². The van der Waals surface area contributed by atoms with Gasteiger partial charge in [-0.05, 0) is 32.4 Å². The number of carbonyl (C=O) groups excluding carboxylic acids is 1. The Morgan fingerprint density at radius 3 is 2.65 bits per heavy atom. The summed E-state index contributed by atoms with van der Waals surface area (Å²) in [6.07, 6.45) is 0.774. The lowest BCUT2D eigenvalue weighted by atomic mass is 10.2. The molecule has 8 heteroatoms. The molecule has 1 heterocycles. The lowest BCUT2D eigenvalue weighted by Crippen LogP contribution is -2.44. The number of anilines is 1. The van der Waals surface area contributed by atoms with Crippen molar-refractivity contribution in [3.63, 3.8) is 0 Å². The average molecular weight is 342 g/mol. The van der Waals surface area contributed by atoms with Crippen molar-refractivity contribution in [2.24, 2.45) is 0 Å². The van der Waals surface area contributed by atoms with Gasteiger partial charge in [-0.3, -0.25) is 9.10 Å². The lowest BCUT2D eigenvalue weighted by molar-refractivity contribution is -0.120. The first-order valence-electron chi connectivity index (χ1n) is 7.56. The van der Waals surface area contributed by atoms with Crippen molar-refractivity contribution in [2.45, 2.75) is 33.2 Å². The van der Waals surface area contributed by atoms with Gasteiger partial charge in [0.05, 0.1) is 11.4 Å². The fourth-order valence-corrected chi connectivity index (χ4v) is 3.16. The molecule has 1 amide bonds. The predicted molar refractivity (Wildman–Crippen MR) is 87.3 cm³/mol. The highest BCUT2D eigenvalue weighted by atomic mass is 32.2. The molecule has 0 unspecified atom stereocenters. The normalized spacial score (nSPS) is 14.4. The molecule has 23 heavy (non-hydrogen) atoms. The van der Waals surface area contributed by atoms with E-state index in [-0.39, 0.29) is 31.0 Å². The van der Waals surface area contributed by atoms with E-state index < -0.39 is 10.0 Å². The quantitative estimate of drug-likeness (QED) is 0.811. The number of carbonyl (C=O) groups is 1. The van der Waals surface area contributed by atoms with Crippen LogP contribution in [0.4, 0.5) is 5.69 Å². The van der Waals surface area contributed by atoms with E-state index in [9.17, 15) is 13.2 Å². The van der Waals surface area contributed by atoms with Gasteiger partial charge in [-0.15, -0.1) is 0 Å². The zero-order valence-electron chi connectivity index (χ0n) is 13.5. The Kier molecular flexibility index (Phi) is 5.35. The standard InChI is InChI=1S/C15H22N2O5S/c1-4-11(3)16-15(18)9-17(23(19,20)5-2)12-6-7-13-14(8-12)22-10-21-13/h6-8,11H,4-5,9-10H2,1-3H3,(H,16,18)/t11-/m1/s1. The summed E-state index contributed by atoms with van der Waals surface area (Å²) in [4.78, 5) is 12.1. The first-order valence-corrected chi connectivity index (χ1v) is 9.17. The second-order valence-corrected chi connectivity index (χ2v) is 7.50. The van der Waals surface area contributed by atoms with Gasteiger partial charge in [-0.1, -0.05) is 6.92 Å². The van der Waals surface area contributed by atoms with Crippen molar-refractivity contribution >= 4 is 21.6 Å². The molecule has 1 N–H and O–H groups in total. The zero-order chi connectivity index (χ0) is 17.0. The predicted octanol–water partition coefficient (Wildman–Crippen LogP) is 1.49. The van der Waals surface area contributed by atoms with Crippen LogP contribution in [0.5, 0.6) is 11.5 Å². The molecule has 0 fully saturated rings. The highest BCUT2D eigenvalue weighted by Gasteiger charge is 2.26. The second kappa shape index (κ2) is 7.08. The van der Waals surface area contributed by atoms with Gasteiger partial charge in [0, 0.05) is 12.1 Å². The van der Waals surface area contributed by atoms with E-state index in [0.29, 0.717) is 17.2 Å². The number of hydrogen-bond donors (Lipinski definition) is 1. The van der Waals surface area contributed by atoms with E-state index >= 15 is 0 Å². The fraction of sp³-hybridized carbons (Fsp3) is 0.533. The lowest BCUT2D eigenvalue weighted by Gasteiger charge is -2.24. The van der Waals surface area contributed by atoms with E-state index in [1.807, 2.05) is 13.8 Å². The van der Waals surface area contributed by atoms with Crippen molar-refractivity contribution in [2.75, 3.05) is 23.4 Å². The zero-order valence-corrected chi connectivity index (χ0v) is 14.4. The Morgan fingerprint density at radius 1 is 1.30 bits per heavy atom. The van der Waals surface area contributed by atoms with Crippen molar-refractivity contribution in [3.05, 3.63) is 18.2 Å². The highest BCUT2D eigenvalue weighted by molar-refractivity contribution is 7.92. The Labute approximate surface area is 136 Å². The fourth-order valence-electron chi connectivity index (χ4n) is 2.10. The van der Waals surface area contributed by atoms with Crippen molar-refractivity contribution in [3.8, 4) is 11.5 Å². The summed E-state index contributed by atoms with van der Waals surface area (Å²) in [5, 5.41) is 2.78. The summed E-state index contributed by atoms with van der Waals surface area (Å²) in [5.41, 5.74) is 0.385. The first-order chi connectivity index (χ1) is 10.9. The SMILES string of the molecule is CC[C@@H](C)NC(=O)CN(c1ccc2c(c1)OCO2)S(=O)(=O)CC. The average Bonchev–Trinajstić information content (AvgIpc) is 2.99. The largest absolute Gasteiger partial charge is 0.454 e. The van der Waals surface area contributed by atoms with Crippen LogP contribution < -0.4 is 19.1 Å². The molecule has 0 aliphatic carbocycles. The third-order valence-corrected chi connectivity index (χ3v) is 5.39. The van der Waals surface area contributed by atoms with Gasteiger partial charge in [0.25, 0.3) is 0 Å². The van der Waals surface area contributed by atoms with Crippen molar-refractivity contribution in [1.82, 2.24) is 5.32 Å². The Hall–Kier alpha value is -1.96. The Morgan fingerprint density at radius 2 is 2.00 bits per heavy atom. The molecule has 0 aromatic heterocycles. The number of sulfonamides is 1. The number of benzene rings is 1. The molecule has 0 saturated carbocycles. The van der Waals surface area contributed by atoms with Gasteiger partial charge in [0.1, 0.15) is 6.54 Å². The van der Waals surface area contributed by atoms with Crippen LogP contribution in [0.25, 0.3) is 0 Å². The molecule has 0 bridgehead atoms. The third-order valence-electron chi connectivity index (χ3n) is 3.65. The molecule has 1 aliphatic heterocycles. The molecule has 1 atom stereocenters. The maximum atomic E-state index is 12.4. The maximum absolute atomic E-state index is 12.4. The van der Waals surface area contributed by atoms with Gasteiger partial charge >= 0.3 is 0 Å². The van der Waals surface area contributed by atoms with Crippen LogP contribution in [0.2, 0.25) is 0 Å². The molecule has 1 aliphatic rings. The van der Waals surface area contributed by atoms with E-state index in [1.165, 1.54) is 0 Å². The number of fused-ring (bicyclic) bond motifs is 1. The molecule has 1 aromatic carbocycles. The first kappa shape index (κ1) is 17.4. The summed E-state index contributed by atoms with van der Waals surface area (Å²) < 4.78 is 36.3. The number of nitrogens with zero attached hydrogens (tertiary/aromatic N) is 1. The van der Waals surface area contributed by atoms with E-state index in [4.69, 9.17) is 9.47 Å². The maximum Gasteiger partial charge on any atom is 0.240 e. The highest BCUT2D eigenvalue weighted by Crippen LogP contribution is 2.36. The number of nitrogens with one attached hydrogen (secondary N) is 1. The molecule has 1 aromatic rings. The van der Waals surface area contributed by atoms with Crippen molar-refractivity contribution in [1.29, 1.82) is 0 Å². The van der Waals surface area contributed by atoms with Gasteiger partial charge in [0.15, 0.2) is 11.5 Å². The smallest absolute Gasteiger partial charge is 0.240 e. The summed E-state index contributed by atoms with van der Waals surface area (Å²) in [5.74, 6) is 0.597. The molecule has 0 radical (unpaired) electrons. The van der Waals surface area contributed by atoms with Gasteiger partial charge in [0.2, 0.25) is 22.7 Å². The van der Waals surface area contributed by atoms with Gasteiger partial charge < -0.3 is 14.8 Å². The van der Waals surface area contributed by atoms with Crippen LogP contribution in [0.3, 0.4) is 0 Å². The van der Waals surface area contributed by atoms with Crippen LogP contribution >= 0.6 is 0 Å². The molecular formula is C15H22N2O5S. The molecule has 7 nitrogen and oxygen atoms in total. The minimum atomic E-state index is -3.59. The van der Waals surface area contributed by atoms with Crippen LogP contribution in [0.1, 0.15) is 27.2 Å². The number of rotatable bonds is 7. The summed E-state index contributed by atoms with van der Waals surface area (Å²) in [7, 11) is -3.59. The van der Waals surface area contributed by atoms with Crippen LogP contribution in [-0.4, -0.2) is 39.5 Å². The molecule has 0 spiro atoms. The molecular weight excluding hydrogens is 320 g/mol. The number of ether oxygens (including phenoxy) is 2. The van der Waals surface area contributed by atoms with E-state index in [1.54, 1.807) is 25.1 Å². The van der Waals surface area contributed by atoms with Gasteiger partial charge in [-0.25, -0.2) is 8.42 Å². The van der Waals surface area contributed by atoms with Gasteiger partial charge in [-0.2, -0.15) is 0 Å². The van der Waals surface area contributed by atoms with Crippen molar-refractivity contribution < 1.29 is 22.7 Å². The molecule has 0 saturated heterocycles. The summed E-state index contributed by atoms with van der Waals surface area (Å²) in [6.45, 7) is 5.20.